The van der Waals surface area contributed by atoms with Crippen molar-refractivity contribution in [1.82, 2.24) is 14.8 Å². The van der Waals surface area contributed by atoms with Crippen LogP contribution in [0.25, 0.3) is 0 Å². The summed E-state index contributed by atoms with van der Waals surface area (Å²) in [5.74, 6) is -0.825. The van der Waals surface area contributed by atoms with E-state index in [4.69, 9.17) is 4.52 Å². The molecule has 1 aromatic carbocycles. The average molecular weight is 425 g/mol. The van der Waals surface area contributed by atoms with Crippen molar-refractivity contribution in [1.29, 1.82) is 0 Å². The molecule has 1 aromatic heterocycles. The van der Waals surface area contributed by atoms with Gasteiger partial charge < -0.3 is 14.9 Å². The predicted molar refractivity (Wildman–Crippen MR) is 102 cm³/mol. The highest BCUT2D eigenvalue weighted by atomic mass is 32.2. The van der Waals surface area contributed by atoms with E-state index in [1.165, 1.54) is 22.5 Å². The summed E-state index contributed by atoms with van der Waals surface area (Å²) in [5.41, 5.74) is 0.694. The summed E-state index contributed by atoms with van der Waals surface area (Å²) < 4.78 is 45.2. The zero-order valence-corrected chi connectivity index (χ0v) is 17.1. The second kappa shape index (κ2) is 8.60. The lowest BCUT2D eigenvalue weighted by Crippen LogP contribution is -2.43. The van der Waals surface area contributed by atoms with Crippen LogP contribution in [0.4, 0.5) is 4.39 Å². The molecule has 2 heterocycles. The van der Waals surface area contributed by atoms with Crippen molar-refractivity contribution in [2.75, 3.05) is 19.6 Å². The van der Waals surface area contributed by atoms with E-state index >= 15 is 0 Å². The quantitative estimate of drug-likeness (QED) is 0.728. The molecular formula is C19H24FN3O5S. The third-order valence-electron chi connectivity index (χ3n) is 5.09. The molecule has 0 saturated carbocycles. The van der Waals surface area contributed by atoms with E-state index in [9.17, 15) is 22.7 Å². The van der Waals surface area contributed by atoms with E-state index in [1.807, 2.05) is 0 Å². The van der Waals surface area contributed by atoms with E-state index < -0.39 is 21.9 Å². The number of hydrogen-bond donors (Lipinski definition) is 2. The third kappa shape index (κ3) is 4.65. The monoisotopic (exact) mass is 425 g/mol. The highest BCUT2D eigenvalue weighted by Gasteiger charge is 2.35. The molecule has 0 radical (unpaired) electrons. The normalized spacial score (nSPS) is 17.2. The molecule has 29 heavy (non-hydrogen) atoms. The van der Waals surface area contributed by atoms with Crippen LogP contribution in [0.1, 0.15) is 36.0 Å². The Bertz CT molecular complexity index is 964. The average Bonchev–Trinajstić information content (AvgIpc) is 3.04. The Kier molecular flexibility index (Phi) is 6.35. The minimum absolute atomic E-state index is 0.0418. The molecule has 0 spiro atoms. The van der Waals surface area contributed by atoms with Gasteiger partial charge in [-0.3, -0.25) is 4.79 Å². The van der Waals surface area contributed by atoms with Crippen LogP contribution in [0, 0.1) is 25.6 Å². The summed E-state index contributed by atoms with van der Waals surface area (Å²) in [6.45, 7) is 3.50. The molecule has 10 heteroatoms. The third-order valence-corrected chi connectivity index (χ3v) is 7.24. The maximum atomic E-state index is 13.2. The summed E-state index contributed by atoms with van der Waals surface area (Å²) >= 11 is 0. The Hall–Kier alpha value is -2.30. The van der Waals surface area contributed by atoms with Gasteiger partial charge in [-0.05, 0) is 44.4 Å². The number of rotatable bonds is 6. The fraction of sp³-hybridized carbons (Fsp3) is 0.474. The number of sulfonamides is 1. The van der Waals surface area contributed by atoms with Gasteiger partial charge in [0.25, 0.3) is 0 Å². The molecule has 1 saturated heterocycles. The second-order valence-electron chi connectivity index (χ2n) is 7.15. The number of carbonyl (C=O) groups is 1. The molecule has 1 fully saturated rings. The van der Waals surface area contributed by atoms with E-state index in [0.717, 1.165) is 0 Å². The number of benzene rings is 1. The number of piperidine rings is 1. The van der Waals surface area contributed by atoms with Crippen molar-refractivity contribution >= 4 is 15.9 Å². The molecule has 8 nitrogen and oxygen atoms in total. The maximum absolute atomic E-state index is 13.2. The topological polar surface area (TPSA) is 113 Å². The van der Waals surface area contributed by atoms with Crippen molar-refractivity contribution in [3.63, 3.8) is 0 Å². The summed E-state index contributed by atoms with van der Waals surface area (Å²) in [4.78, 5) is 12.5. The van der Waals surface area contributed by atoms with Crippen molar-refractivity contribution in [3.8, 4) is 0 Å². The molecule has 1 aliphatic heterocycles. The number of nitrogens with one attached hydrogen (secondary N) is 1. The molecule has 0 aliphatic carbocycles. The molecule has 1 amide bonds. The Labute approximate surface area is 168 Å². The molecule has 2 aromatic rings. The van der Waals surface area contributed by atoms with Crippen LogP contribution in [-0.2, 0) is 14.8 Å². The van der Waals surface area contributed by atoms with Crippen molar-refractivity contribution in [2.45, 2.75) is 37.7 Å². The first-order valence-electron chi connectivity index (χ1n) is 9.34. The standard InChI is InChI=1S/C19H24FN3O5S/c1-12-18(13(2)28-22-12)29(26,27)23-8-6-14(7-9-23)19(25)21-11-17(24)15-4-3-5-16(20)10-15/h3-5,10,14,17,24H,6-9,11H2,1-2H3,(H,21,25). The van der Waals surface area contributed by atoms with Gasteiger partial charge in [-0.25, -0.2) is 12.8 Å². The smallest absolute Gasteiger partial charge is 0.248 e. The van der Waals surface area contributed by atoms with E-state index in [1.54, 1.807) is 19.9 Å². The first-order chi connectivity index (χ1) is 13.7. The maximum Gasteiger partial charge on any atom is 0.248 e. The van der Waals surface area contributed by atoms with Gasteiger partial charge in [0.15, 0.2) is 5.76 Å². The van der Waals surface area contributed by atoms with Gasteiger partial charge in [0.2, 0.25) is 15.9 Å². The molecule has 1 aliphatic rings. The number of aliphatic hydroxyl groups is 1. The lowest BCUT2D eigenvalue weighted by atomic mass is 9.97. The number of nitrogens with zero attached hydrogens (tertiary/aromatic N) is 2. The van der Waals surface area contributed by atoms with Crippen LogP contribution in [0.2, 0.25) is 0 Å². The highest BCUT2D eigenvalue weighted by Crippen LogP contribution is 2.27. The molecular weight excluding hydrogens is 401 g/mol. The number of halogens is 1. The number of aliphatic hydroxyl groups excluding tert-OH is 1. The number of aromatic nitrogens is 1. The Morgan fingerprint density at radius 3 is 2.66 bits per heavy atom. The van der Waals surface area contributed by atoms with Crippen LogP contribution in [0.15, 0.2) is 33.7 Å². The number of carbonyl (C=O) groups excluding carboxylic acids is 1. The van der Waals surface area contributed by atoms with Crippen molar-refractivity contribution < 1.29 is 27.2 Å². The van der Waals surface area contributed by atoms with Gasteiger partial charge in [0, 0.05) is 25.6 Å². The molecule has 1 atom stereocenters. The Morgan fingerprint density at radius 2 is 2.07 bits per heavy atom. The van der Waals surface area contributed by atoms with Crippen molar-refractivity contribution in [2.24, 2.45) is 5.92 Å². The van der Waals surface area contributed by atoms with E-state index in [2.05, 4.69) is 10.5 Å². The first-order valence-corrected chi connectivity index (χ1v) is 10.8. The molecule has 0 bridgehead atoms. The number of hydrogen-bond acceptors (Lipinski definition) is 6. The lowest BCUT2D eigenvalue weighted by Gasteiger charge is -2.30. The van der Waals surface area contributed by atoms with Crippen LogP contribution in [0.5, 0.6) is 0 Å². The molecule has 3 rings (SSSR count). The zero-order valence-electron chi connectivity index (χ0n) is 16.3. The van der Waals surface area contributed by atoms with Crippen LogP contribution >= 0.6 is 0 Å². The number of amides is 1. The first kappa shape index (κ1) is 21.4. The largest absolute Gasteiger partial charge is 0.387 e. The lowest BCUT2D eigenvalue weighted by molar-refractivity contribution is -0.126. The molecule has 2 N–H and O–H groups in total. The number of aryl methyl sites for hydroxylation is 2. The Balaban J connectivity index is 1.54. The van der Waals surface area contributed by atoms with Gasteiger partial charge >= 0.3 is 0 Å². The van der Waals surface area contributed by atoms with Gasteiger partial charge in [-0.2, -0.15) is 4.31 Å². The van der Waals surface area contributed by atoms with Crippen molar-refractivity contribution in [3.05, 3.63) is 47.1 Å². The summed E-state index contributed by atoms with van der Waals surface area (Å²) in [5, 5.41) is 16.5. The Morgan fingerprint density at radius 1 is 1.38 bits per heavy atom. The summed E-state index contributed by atoms with van der Waals surface area (Å²) in [6, 6.07) is 5.57. The van der Waals surface area contributed by atoms with E-state index in [0.29, 0.717) is 24.1 Å². The van der Waals surface area contributed by atoms with Gasteiger partial charge in [-0.1, -0.05) is 17.3 Å². The van der Waals surface area contributed by atoms with Gasteiger partial charge in [0.1, 0.15) is 16.4 Å². The van der Waals surface area contributed by atoms with Crippen LogP contribution in [-0.4, -0.2) is 48.5 Å². The molecule has 158 valence electrons. The summed E-state index contributed by atoms with van der Waals surface area (Å²) in [7, 11) is -3.73. The van der Waals surface area contributed by atoms with Crippen LogP contribution < -0.4 is 5.32 Å². The fourth-order valence-corrected chi connectivity index (χ4v) is 5.26. The highest BCUT2D eigenvalue weighted by molar-refractivity contribution is 7.89. The SMILES string of the molecule is Cc1noc(C)c1S(=O)(=O)N1CCC(C(=O)NCC(O)c2cccc(F)c2)CC1. The van der Waals surface area contributed by atoms with E-state index in [-0.39, 0.29) is 42.1 Å². The zero-order chi connectivity index (χ0) is 21.2. The minimum atomic E-state index is -3.73. The predicted octanol–water partition coefficient (Wildman–Crippen LogP) is 1.68. The summed E-state index contributed by atoms with van der Waals surface area (Å²) in [6.07, 6.45) is -0.288. The second-order valence-corrected chi connectivity index (χ2v) is 9.02. The minimum Gasteiger partial charge on any atom is -0.387 e. The fourth-order valence-electron chi connectivity index (χ4n) is 3.50. The van der Waals surface area contributed by atoms with Crippen LogP contribution in [0.3, 0.4) is 0 Å². The molecule has 1 unspecified atom stereocenters. The van der Waals surface area contributed by atoms with Gasteiger partial charge in [-0.15, -0.1) is 0 Å². The van der Waals surface area contributed by atoms with Gasteiger partial charge in [0.05, 0.1) is 6.10 Å².